The fraction of sp³-hybridized carbons (Fsp3) is 0.154. The van der Waals surface area contributed by atoms with Gasteiger partial charge in [0.15, 0.2) is 0 Å². The summed E-state index contributed by atoms with van der Waals surface area (Å²) in [6.07, 6.45) is 1.75. The first-order chi connectivity index (χ1) is 9.09. The molecule has 0 saturated carbocycles. The predicted octanol–water partition coefficient (Wildman–Crippen LogP) is 2.14. The molecule has 6 heteroatoms. The first kappa shape index (κ1) is 12.9. The number of halogens is 1. The van der Waals surface area contributed by atoms with Crippen molar-refractivity contribution in [3.05, 3.63) is 74.4 Å². The minimum Gasteiger partial charge on any atom is -0.309 e. The largest absolute Gasteiger partial charge is 0.334 e. The Morgan fingerprint density at radius 1 is 1.21 bits per heavy atom. The number of pyridine rings is 1. The molecule has 2 aromatic rings. The third kappa shape index (κ3) is 2.85. The second kappa shape index (κ2) is 5.43. The molecule has 0 saturated heterocycles. The second-order valence-electron chi connectivity index (χ2n) is 3.99. The maximum atomic E-state index is 13.4. The number of nitro groups is 1. The van der Waals surface area contributed by atoms with Crippen molar-refractivity contribution in [2.24, 2.45) is 0 Å². The maximum absolute atomic E-state index is 13.4. The van der Waals surface area contributed by atoms with E-state index >= 15 is 0 Å². The Labute approximate surface area is 108 Å². The SMILES string of the molecule is O=c1c([N+](=O)[O-])cccn1CCc1ccccc1F. The molecule has 98 valence electrons. The Balaban J connectivity index is 2.21. The van der Waals surface area contributed by atoms with Crippen LogP contribution in [0.3, 0.4) is 0 Å². The monoisotopic (exact) mass is 262 g/mol. The summed E-state index contributed by atoms with van der Waals surface area (Å²) in [7, 11) is 0. The van der Waals surface area contributed by atoms with Gasteiger partial charge in [0.1, 0.15) is 5.82 Å². The zero-order valence-electron chi connectivity index (χ0n) is 9.95. The lowest BCUT2D eigenvalue weighted by atomic mass is 10.1. The standard InChI is InChI=1S/C13H11FN2O3/c14-11-5-2-1-4-10(11)7-9-15-8-3-6-12(13(15)17)16(18)19/h1-6,8H,7,9H2. The van der Waals surface area contributed by atoms with Crippen LogP contribution in [0.4, 0.5) is 10.1 Å². The smallest absolute Gasteiger partial charge is 0.309 e. The highest BCUT2D eigenvalue weighted by Crippen LogP contribution is 2.08. The summed E-state index contributed by atoms with van der Waals surface area (Å²) in [5.41, 5.74) is -0.680. The van der Waals surface area contributed by atoms with Gasteiger partial charge >= 0.3 is 11.2 Å². The number of benzene rings is 1. The van der Waals surface area contributed by atoms with E-state index in [4.69, 9.17) is 0 Å². The van der Waals surface area contributed by atoms with Crippen molar-refractivity contribution in [1.82, 2.24) is 4.57 Å². The molecule has 0 bridgehead atoms. The highest BCUT2D eigenvalue weighted by Gasteiger charge is 2.13. The number of aryl methyl sites for hydroxylation is 2. The molecular weight excluding hydrogens is 251 g/mol. The van der Waals surface area contributed by atoms with Gasteiger partial charge in [0.2, 0.25) is 0 Å². The quantitative estimate of drug-likeness (QED) is 0.626. The van der Waals surface area contributed by atoms with Crippen LogP contribution in [0.15, 0.2) is 47.4 Å². The molecule has 0 aliphatic rings. The van der Waals surface area contributed by atoms with Crippen LogP contribution in [0, 0.1) is 15.9 Å². The molecule has 1 heterocycles. The van der Waals surface area contributed by atoms with Crippen molar-refractivity contribution in [1.29, 1.82) is 0 Å². The Hall–Kier alpha value is -2.50. The highest BCUT2D eigenvalue weighted by atomic mass is 19.1. The Morgan fingerprint density at radius 2 is 1.95 bits per heavy atom. The molecule has 0 spiro atoms. The van der Waals surface area contributed by atoms with E-state index in [0.717, 1.165) is 6.07 Å². The van der Waals surface area contributed by atoms with E-state index in [2.05, 4.69) is 0 Å². The summed E-state index contributed by atoms with van der Waals surface area (Å²) in [5.74, 6) is -0.346. The van der Waals surface area contributed by atoms with Crippen LogP contribution in [0.1, 0.15) is 5.56 Å². The first-order valence-corrected chi connectivity index (χ1v) is 5.67. The Morgan fingerprint density at radius 3 is 2.63 bits per heavy atom. The van der Waals surface area contributed by atoms with E-state index in [9.17, 15) is 19.3 Å². The average Bonchev–Trinajstić information content (AvgIpc) is 2.39. The van der Waals surface area contributed by atoms with Crippen LogP contribution in [0.2, 0.25) is 0 Å². The lowest BCUT2D eigenvalue weighted by molar-refractivity contribution is -0.386. The van der Waals surface area contributed by atoms with Crippen LogP contribution in [-0.2, 0) is 13.0 Å². The molecule has 2 rings (SSSR count). The van der Waals surface area contributed by atoms with E-state index < -0.39 is 16.2 Å². The van der Waals surface area contributed by atoms with Crippen LogP contribution < -0.4 is 5.56 Å². The van der Waals surface area contributed by atoms with Crippen LogP contribution in [-0.4, -0.2) is 9.49 Å². The van der Waals surface area contributed by atoms with Gasteiger partial charge in [-0.1, -0.05) is 18.2 Å². The average molecular weight is 262 g/mol. The van der Waals surface area contributed by atoms with Gasteiger partial charge in [0.05, 0.1) is 4.92 Å². The van der Waals surface area contributed by atoms with Gasteiger partial charge in [-0.05, 0) is 24.1 Å². The number of aromatic nitrogens is 1. The summed E-state index contributed by atoms with van der Waals surface area (Å²) in [4.78, 5) is 21.7. The summed E-state index contributed by atoms with van der Waals surface area (Å²) < 4.78 is 14.6. The molecule has 5 nitrogen and oxygen atoms in total. The van der Waals surface area contributed by atoms with Crippen molar-refractivity contribution in [2.75, 3.05) is 0 Å². The third-order valence-corrected chi connectivity index (χ3v) is 2.78. The molecule has 0 aliphatic carbocycles. The molecule has 1 aromatic heterocycles. The van der Waals surface area contributed by atoms with E-state index in [0.29, 0.717) is 12.0 Å². The third-order valence-electron chi connectivity index (χ3n) is 2.78. The summed E-state index contributed by atoms with van der Waals surface area (Å²) in [6.45, 7) is 0.196. The molecule has 0 radical (unpaired) electrons. The van der Waals surface area contributed by atoms with E-state index in [1.807, 2.05) is 0 Å². The second-order valence-corrected chi connectivity index (χ2v) is 3.99. The van der Waals surface area contributed by atoms with Crippen LogP contribution in [0.25, 0.3) is 0 Å². The number of hydrogen-bond donors (Lipinski definition) is 0. The van der Waals surface area contributed by atoms with Gasteiger partial charge in [-0.15, -0.1) is 0 Å². The first-order valence-electron chi connectivity index (χ1n) is 5.67. The van der Waals surface area contributed by atoms with E-state index in [1.165, 1.54) is 22.9 Å². The van der Waals surface area contributed by atoms with Gasteiger partial charge in [-0.3, -0.25) is 14.9 Å². The molecule has 0 fully saturated rings. The Bertz CT molecular complexity index is 667. The molecule has 1 aromatic carbocycles. The summed E-state index contributed by atoms with van der Waals surface area (Å²) in [6, 6.07) is 8.83. The zero-order chi connectivity index (χ0) is 13.8. The Kier molecular flexibility index (Phi) is 3.70. The molecule has 0 amide bonds. The highest BCUT2D eigenvalue weighted by molar-refractivity contribution is 5.25. The molecule has 19 heavy (non-hydrogen) atoms. The van der Waals surface area contributed by atoms with E-state index in [-0.39, 0.29) is 12.4 Å². The predicted molar refractivity (Wildman–Crippen MR) is 67.5 cm³/mol. The molecule has 0 unspecified atom stereocenters. The van der Waals surface area contributed by atoms with Crippen molar-refractivity contribution < 1.29 is 9.31 Å². The van der Waals surface area contributed by atoms with Gasteiger partial charge in [-0.2, -0.15) is 0 Å². The van der Waals surface area contributed by atoms with Crippen molar-refractivity contribution in [3.8, 4) is 0 Å². The van der Waals surface area contributed by atoms with Crippen molar-refractivity contribution in [3.63, 3.8) is 0 Å². The van der Waals surface area contributed by atoms with Crippen molar-refractivity contribution in [2.45, 2.75) is 13.0 Å². The fourth-order valence-corrected chi connectivity index (χ4v) is 1.78. The van der Waals surface area contributed by atoms with E-state index in [1.54, 1.807) is 18.2 Å². The number of rotatable bonds is 4. The lowest BCUT2D eigenvalue weighted by Gasteiger charge is -2.06. The maximum Gasteiger partial charge on any atom is 0.334 e. The molecule has 0 atom stereocenters. The topological polar surface area (TPSA) is 65.1 Å². The normalized spacial score (nSPS) is 10.4. The molecular formula is C13H11FN2O3. The van der Waals surface area contributed by atoms with Gasteiger partial charge < -0.3 is 4.57 Å². The minimum atomic E-state index is -0.720. The van der Waals surface area contributed by atoms with Crippen molar-refractivity contribution >= 4 is 5.69 Å². The van der Waals surface area contributed by atoms with Crippen LogP contribution in [0.5, 0.6) is 0 Å². The van der Waals surface area contributed by atoms with Crippen LogP contribution >= 0.6 is 0 Å². The van der Waals surface area contributed by atoms with Gasteiger partial charge in [0.25, 0.3) is 0 Å². The summed E-state index contributed by atoms with van der Waals surface area (Å²) >= 11 is 0. The fourth-order valence-electron chi connectivity index (χ4n) is 1.78. The summed E-state index contributed by atoms with van der Waals surface area (Å²) in [5, 5.41) is 10.6. The number of hydrogen-bond acceptors (Lipinski definition) is 3. The van der Waals surface area contributed by atoms with Gasteiger partial charge in [0, 0.05) is 18.8 Å². The molecule has 0 N–H and O–H groups in total. The van der Waals surface area contributed by atoms with Gasteiger partial charge in [-0.25, -0.2) is 4.39 Å². The lowest BCUT2D eigenvalue weighted by Crippen LogP contribution is -2.22. The molecule has 0 aliphatic heterocycles. The zero-order valence-corrected chi connectivity index (χ0v) is 9.95. The number of nitrogens with zero attached hydrogens (tertiary/aromatic N) is 2. The minimum absolute atomic E-state index is 0.196.